The minimum Gasteiger partial charge on any atom is -0.508 e. The van der Waals surface area contributed by atoms with Crippen molar-refractivity contribution in [2.75, 3.05) is 6.61 Å². The second-order valence-corrected chi connectivity index (χ2v) is 3.99. The van der Waals surface area contributed by atoms with E-state index in [9.17, 15) is 5.11 Å². The Morgan fingerprint density at radius 1 is 1.27 bits per heavy atom. The Kier molecular flexibility index (Phi) is 3.07. The first-order valence-corrected chi connectivity index (χ1v) is 5.32. The topological polar surface area (TPSA) is 29.5 Å². The van der Waals surface area contributed by atoms with Crippen molar-refractivity contribution in [3.8, 4) is 5.75 Å². The summed E-state index contributed by atoms with van der Waals surface area (Å²) in [6.07, 6.45) is 4.31. The van der Waals surface area contributed by atoms with Crippen molar-refractivity contribution in [1.82, 2.24) is 0 Å². The van der Waals surface area contributed by atoms with Gasteiger partial charge in [-0.05, 0) is 30.5 Å². The lowest BCUT2D eigenvalue weighted by atomic mass is 9.95. The molecule has 15 heavy (non-hydrogen) atoms. The molecule has 2 atom stereocenters. The molecule has 0 spiro atoms. The smallest absolute Gasteiger partial charge is 0.115 e. The van der Waals surface area contributed by atoms with Gasteiger partial charge in [0.05, 0.1) is 12.7 Å². The largest absolute Gasteiger partial charge is 0.508 e. The zero-order chi connectivity index (χ0) is 10.7. The van der Waals surface area contributed by atoms with Crippen molar-refractivity contribution in [1.29, 1.82) is 0 Å². The highest BCUT2D eigenvalue weighted by Gasteiger charge is 2.20. The van der Waals surface area contributed by atoms with Crippen LogP contribution in [0.1, 0.15) is 24.5 Å². The first kappa shape index (κ1) is 10.2. The average molecular weight is 204 g/mol. The van der Waals surface area contributed by atoms with Crippen LogP contribution in [0, 0.1) is 5.92 Å². The summed E-state index contributed by atoms with van der Waals surface area (Å²) in [6.45, 7) is 4.54. The molecular formula is C13H16O2. The Labute approximate surface area is 90.2 Å². The molecule has 1 aromatic carbocycles. The number of ether oxygens (including phenoxy) is 1. The van der Waals surface area contributed by atoms with E-state index in [2.05, 4.69) is 6.58 Å². The summed E-state index contributed by atoms with van der Waals surface area (Å²) in [5.41, 5.74) is 1.15. The fraction of sp³-hybridized carbons (Fsp3) is 0.385. The molecule has 2 rings (SSSR count). The predicted molar refractivity (Wildman–Crippen MR) is 59.7 cm³/mol. The van der Waals surface area contributed by atoms with Crippen LogP contribution in [0.5, 0.6) is 5.75 Å². The molecule has 0 aromatic heterocycles. The molecule has 0 radical (unpaired) electrons. The Bertz CT molecular complexity index is 321. The molecule has 2 nitrogen and oxygen atoms in total. The summed E-state index contributed by atoms with van der Waals surface area (Å²) in [6, 6.07) is 7.26. The summed E-state index contributed by atoms with van der Waals surface area (Å²) in [5, 5.41) is 9.18. The van der Waals surface area contributed by atoms with Gasteiger partial charge in [-0.25, -0.2) is 0 Å². The van der Waals surface area contributed by atoms with Gasteiger partial charge >= 0.3 is 0 Å². The molecule has 1 N–H and O–H groups in total. The van der Waals surface area contributed by atoms with Gasteiger partial charge in [0, 0.05) is 5.92 Å². The van der Waals surface area contributed by atoms with Crippen LogP contribution in [0.4, 0.5) is 0 Å². The molecule has 1 aliphatic heterocycles. The van der Waals surface area contributed by atoms with Crippen LogP contribution in [-0.2, 0) is 4.74 Å². The van der Waals surface area contributed by atoms with Crippen LogP contribution in [0.15, 0.2) is 36.9 Å². The van der Waals surface area contributed by atoms with E-state index in [-0.39, 0.29) is 6.10 Å². The van der Waals surface area contributed by atoms with Crippen molar-refractivity contribution < 1.29 is 9.84 Å². The Morgan fingerprint density at radius 3 is 2.53 bits per heavy atom. The average Bonchev–Trinajstić information content (AvgIpc) is 2.30. The SMILES string of the molecule is C=CC1CCC(c2ccc(O)cc2)OC1. The summed E-state index contributed by atoms with van der Waals surface area (Å²) in [4.78, 5) is 0. The van der Waals surface area contributed by atoms with Crippen molar-refractivity contribution in [2.45, 2.75) is 18.9 Å². The molecule has 1 aromatic rings. The van der Waals surface area contributed by atoms with Gasteiger partial charge in [-0.1, -0.05) is 18.2 Å². The molecule has 1 saturated heterocycles. The van der Waals surface area contributed by atoms with Crippen molar-refractivity contribution >= 4 is 0 Å². The second kappa shape index (κ2) is 4.49. The molecule has 0 bridgehead atoms. The number of rotatable bonds is 2. The van der Waals surface area contributed by atoms with Crippen LogP contribution in [-0.4, -0.2) is 11.7 Å². The second-order valence-electron chi connectivity index (χ2n) is 3.99. The fourth-order valence-electron chi connectivity index (χ4n) is 1.91. The standard InChI is InChI=1S/C13H16O2/c1-2-10-3-8-13(15-9-10)11-4-6-12(14)7-5-11/h2,4-7,10,13-14H,1,3,8-9H2. The number of hydrogen-bond donors (Lipinski definition) is 1. The number of benzene rings is 1. The first-order valence-electron chi connectivity index (χ1n) is 5.32. The molecule has 0 aliphatic carbocycles. The lowest BCUT2D eigenvalue weighted by molar-refractivity contribution is -0.00515. The highest BCUT2D eigenvalue weighted by Crippen LogP contribution is 2.31. The van der Waals surface area contributed by atoms with Crippen LogP contribution in [0.25, 0.3) is 0 Å². The monoisotopic (exact) mass is 204 g/mol. The Morgan fingerprint density at radius 2 is 2.00 bits per heavy atom. The molecule has 2 heteroatoms. The summed E-state index contributed by atoms with van der Waals surface area (Å²) in [5.74, 6) is 0.803. The number of phenolic OH excluding ortho intramolecular Hbond substituents is 1. The summed E-state index contributed by atoms with van der Waals surface area (Å²) in [7, 11) is 0. The molecule has 80 valence electrons. The van der Waals surface area contributed by atoms with Gasteiger partial charge < -0.3 is 9.84 Å². The summed E-state index contributed by atoms with van der Waals surface area (Å²) < 4.78 is 5.75. The van der Waals surface area contributed by atoms with Gasteiger partial charge in [0.25, 0.3) is 0 Å². The minimum absolute atomic E-state index is 0.182. The summed E-state index contributed by atoms with van der Waals surface area (Å²) >= 11 is 0. The van der Waals surface area contributed by atoms with Crippen LogP contribution >= 0.6 is 0 Å². The lowest BCUT2D eigenvalue weighted by Crippen LogP contribution is -2.18. The first-order chi connectivity index (χ1) is 7.29. The molecule has 0 saturated carbocycles. The zero-order valence-corrected chi connectivity index (χ0v) is 8.73. The van der Waals surface area contributed by atoms with Gasteiger partial charge in [0.15, 0.2) is 0 Å². The van der Waals surface area contributed by atoms with E-state index in [1.807, 2.05) is 18.2 Å². The van der Waals surface area contributed by atoms with Crippen LogP contribution < -0.4 is 0 Å². The van der Waals surface area contributed by atoms with Crippen molar-refractivity contribution in [3.05, 3.63) is 42.5 Å². The van der Waals surface area contributed by atoms with E-state index in [4.69, 9.17) is 4.74 Å². The fourth-order valence-corrected chi connectivity index (χ4v) is 1.91. The van der Waals surface area contributed by atoms with Crippen LogP contribution in [0.2, 0.25) is 0 Å². The highest BCUT2D eigenvalue weighted by molar-refractivity contribution is 5.27. The van der Waals surface area contributed by atoms with Crippen LogP contribution in [0.3, 0.4) is 0 Å². The van der Waals surface area contributed by atoms with E-state index in [1.165, 1.54) is 0 Å². The molecular weight excluding hydrogens is 188 g/mol. The van der Waals surface area contributed by atoms with Gasteiger partial charge in [0.2, 0.25) is 0 Å². The third-order valence-electron chi connectivity index (χ3n) is 2.91. The van der Waals surface area contributed by atoms with E-state index in [0.717, 1.165) is 25.0 Å². The Hall–Kier alpha value is -1.28. The number of hydrogen-bond acceptors (Lipinski definition) is 2. The third-order valence-corrected chi connectivity index (χ3v) is 2.91. The molecule has 0 amide bonds. The third kappa shape index (κ3) is 2.39. The normalized spacial score (nSPS) is 26.1. The molecule has 1 fully saturated rings. The quantitative estimate of drug-likeness (QED) is 0.750. The maximum absolute atomic E-state index is 9.18. The lowest BCUT2D eigenvalue weighted by Gasteiger charge is -2.27. The van der Waals surface area contributed by atoms with Gasteiger partial charge in [-0.2, -0.15) is 0 Å². The van der Waals surface area contributed by atoms with E-state index in [1.54, 1.807) is 12.1 Å². The zero-order valence-electron chi connectivity index (χ0n) is 8.73. The highest BCUT2D eigenvalue weighted by atomic mass is 16.5. The van der Waals surface area contributed by atoms with E-state index in [0.29, 0.717) is 11.7 Å². The molecule has 2 unspecified atom stereocenters. The van der Waals surface area contributed by atoms with Gasteiger partial charge in [0.1, 0.15) is 5.75 Å². The number of phenols is 1. The maximum atomic E-state index is 9.18. The van der Waals surface area contributed by atoms with Gasteiger partial charge in [-0.3, -0.25) is 0 Å². The van der Waals surface area contributed by atoms with E-state index < -0.39 is 0 Å². The van der Waals surface area contributed by atoms with Crippen molar-refractivity contribution in [2.24, 2.45) is 5.92 Å². The van der Waals surface area contributed by atoms with Crippen molar-refractivity contribution in [3.63, 3.8) is 0 Å². The predicted octanol–water partition coefficient (Wildman–Crippen LogP) is 3.05. The maximum Gasteiger partial charge on any atom is 0.115 e. The molecule has 1 aliphatic rings. The van der Waals surface area contributed by atoms with Gasteiger partial charge in [-0.15, -0.1) is 6.58 Å². The van der Waals surface area contributed by atoms with E-state index >= 15 is 0 Å². The minimum atomic E-state index is 0.182. The Balaban J connectivity index is 2.01. The number of aromatic hydroxyl groups is 1. The molecule has 1 heterocycles.